The van der Waals surface area contributed by atoms with Gasteiger partial charge in [0.05, 0.1) is 12.5 Å². The van der Waals surface area contributed by atoms with Gasteiger partial charge in [0.25, 0.3) is 0 Å². The van der Waals surface area contributed by atoms with Crippen LogP contribution in [0.3, 0.4) is 0 Å². The molecule has 0 aromatic carbocycles. The van der Waals surface area contributed by atoms with Gasteiger partial charge in [-0.25, -0.2) is 9.78 Å². The third kappa shape index (κ3) is 2.00. The molecule has 1 saturated carbocycles. The lowest BCUT2D eigenvalue weighted by molar-refractivity contribution is 0.0586. The molecular weight excluding hydrogens is 280 g/mol. The SMILES string of the molecule is COC(=O)c1cc2c(Cl)nc(N)nc2n1C1CCCC1. The average Bonchev–Trinajstić information content (AvgIpc) is 3.03. The first-order chi connectivity index (χ1) is 9.61. The molecule has 2 N–H and O–H groups in total. The third-order valence-corrected chi connectivity index (χ3v) is 4.04. The maximum absolute atomic E-state index is 12.0. The summed E-state index contributed by atoms with van der Waals surface area (Å²) in [4.78, 5) is 20.2. The van der Waals surface area contributed by atoms with E-state index in [0.717, 1.165) is 25.7 Å². The van der Waals surface area contributed by atoms with Gasteiger partial charge in [-0.3, -0.25) is 0 Å². The van der Waals surface area contributed by atoms with Crippen molar-refractivity contribution in [3.63, 3.8) is 0 Å². The van der Waals surface area contributed by atoms with Crippen molar-refractivity contribution in [3.05, 3.63) is 16.9 Å². The molecule has 0 bridgehead atoms. The van der Waals surface area contributed by atoms with E-state index in [0.29, 0.717) is 16.7 Å². The van der Waals surface area contributed by atoms with E-state index in [1.165, 1.54) is 7.11 Å². The number of nitrogen functional groups attached to an aromatic ring is 1. The molecule has 106 valence electrons. The van der Waals surface area contributed by atoms with E-state index >= 15 is 0 Å². The van der Waals surface area contributed by atoms with E-state index < -0.39 is 5.97 Å². The molecular formula is C13H15ClN4O2. The number of hydrogen-bond acceptors (Lipinski definition) is 5. The summed E-state index contributed by atoms with van der Waals surface area (Å²) in [7, 11) is 1.36. The molecule has 6 nitrogen and oxygen atoms in total. The normalized spacial score (nSPS) is 15.9. The quantitative estimate of drug-likeness (QED) is 0.680. The fourth-order valence-electron chi connectivity index (χ4n) is 2.87. The van der Waals surface area contributed by atoms with Gasteiger partial charge in [0.1, 0.15) is 16.5 Å². The van der Waals surface area contributed by atoms with Crippen LogP contribution in [0.25, 0.3) is 11.0 Å². The summed E-state index contributed by atoms with van der Waals surface area (Å²) in [6.45, 7) is 0. The van der Waals surface area contributed by atoms with E-state index in [2.05, 4.69) is 9.97 Å². The van der Waals surface area contributed by atoms with E-state index in [-0.39, 0.29) is 17.1 Å². The number of carbonyl (C=O) groups is 1. The average molecular weight is 295 g/mol. The molecule has 20 heavy (non-hydrogen) atoms. The smallest absolute Gasteiger partial charge is 0.354 e. The van der Waals surface area contributed by atoms with E-state index in [1.54, 1.807) is 6.07 Å². The van der Waals surface area contributed by atoms with Crippen LogP contribution in [0.1, 0.15) is 42.2 Å². The Morgan fingerprint density at radius 2 is 2.15 bits per heavy atom. The van der Waals surface area contributed by atoms with Gasteiger partial charge < -0.3 is 15.0 Å². The number of esters is 1. The summed E-state index contributed by atoms with van der Waals surface area (Å²) in [5.41, 5.74) is 6.74. The molecule has 0 spiro atoms. The molecule has 0 atom stereocenters. The molecule has 2 aromatic heterocycles. The summed E-state index contributed by atoms with van der Waals surface area (Å²) in [6, 6.07) is 1.91. The summed E-state index contributed by atoms with van der Waals surface area (Å²) >= 11 is 6.11. The highest BCUT2D eigenvalue weighted by molar-refractivity contribution is 6.34. The van der Waals surface area contributed by atoms with Crippen LogP contribution in [0.15, 0.2) is 6.07 Å². The summed E-state index contributed by atoms with van der Waals surface area (Å²) in [6.07, 6.45) is 4.29. The molecule has 0 saturated heterocycles. The number of fused-ring (bicyclic) bond motifs is 1. The second-order valence-corrected chi connectivity index (χ2v) is 5.30. The van der Waals surface area contributed by atoms with Gasteiger partial charge in [-0.2, -0.15) is 4.98 Å². The molecule has 0 aliphatic heterocycles. The molecule has 1 aliphatic rings. The number of aromatic nitrogens is 3. The Balaban J connectivity index is 2.28. The van der Waals surface area contributed by atoms with Gasteiger partial charge in [0, 0.05) is 6.04 Å². The molecule has 0 unspecified atom stereocenters. The summed E-state index contributed by atoms with van der Waals surface area (Å²) < 4.78 is 6.75. The molecule has 1 fully saturated rings. The minimum Gasteiger partial charge on any atom is -0.464 e. The predicted octanol–water partition coefficient (Wildman–Crippen LogP) is 2.57. The number of nitrogens with zero attached hydrogens (tertiary/aromatic N) is 3. The molecule has 2 heterocycles. The van der Waals surface area contributed by atoms with Crippen molar-refractivity contribution in [3.8, 4) is 0 Å². The number of halogens is 1. The molecule has 3 rings (SSSR count). The largest absolute Gasteiger partial charge is 0.464 e. The first kappa shape index (κ1) is 13.2. The number of carbonyl (C=O) groups excluding carboxylic acids is 1. The van der Waals surface area contributed by atoms with Gasteiger partial charge in [-0.1, -0.05) is 24.4 Å². The Morgan fingerprint density at radius 3 is 2.80 bits per heavy atom. The van der Waals surface area contributed by atoms with Crippen LogP contribution in [0.4, 0.5) is 5.95 Å². The minimum atomic E-state index is -0.399. The van der Waals surface area contributed by atoms with E-state index in [9.17, 15) is 4.79 Å². The molecule has 0 amide bonds. The van der Waals surface area contributed by atoms with Crippen molar-refractivity contribution in [1.82, 2.24) is 14.5 Å². The maximum Gasteiger partial charge on any atom is 0.354 e. The minimum absolute atomic E-state index is 0.108. The van der Waals surface area contributed by atoms with Crippen LogP contribution in [0, 0.1) is 0 Å². The lowest BCUT2D eigenvalue weighted by atomic mass is 10.2. The molecule has 7 heteroatoms. The van der Waals surface area contributed by atoms with Gasteiger partial charge in [0.15, 0.2) is 0 Å². The highest BCUT2D eigenvalue weighted by atomic mass is 35.5. The highest BCUT2D eigenvalue weighted by Gasteiger charge is 2.27. The number of nitrogens with two attached hydrogens (primary N) is 1. The van der Waals surface area contributed by atoms with Crippen LogP contribution in [0.5, 0.6) is 0 Å². The Bertz CT molecular complexity index is 677. The topological polar surface area (TPSA) is 83.0 Å². The van der Waals surface area contributed by atoms with E-state index in [4.69, 9.17) is 22.1 Å². The van der Waals surface area contributed by atoms with Crippen LogP contribution in [-0.2, 0) is 4.74 Å². The van der Waals surface area contributed by atoms with Crippen LogP contribution in [-0.4, -0.2) is 27.6 Å². The Labute approximate surface area is 120 Å². The Morgan fingerprint density at radius 1 is 1.45 bits per heavy atom. The number of ether oxygens (including phenoxy) is 1. The summed E-state index contributed by atoms with van der Waals surface area (Å²) in [5.74, 6) is -0.291. The first-order valence-corrected chi connectivity index (χ1v) is 6.92. The summed E-state index contributed by atoms with van der Waals surface area (Å²) in [5, 5.41) is 0.891. The third-order valence-electron chi connectivity index (χ3n) is 3.75. The zero-order chi connectivity index (χ0) is 14.3. The zero-order valence-electron chi connectivity index (χ0n) is 11.1. The fourth-order valence-corrected chi connectivity index (χ4v) is 3.09. The Kier molecular flexibility index (Phi) is 3.25. The second-order valence-electron chi connectivity index (χ2n) is 4.94. The lowest BCUT2D eigenvalue weighted by Gasteiger charge is -2.16. The second kappa shape index (κ2) is 4.94. The van der Waals surface area contributed by atoms with Crippen molar-refractivity contribution in [2.75, 3.05) is 12.8 Å². The number of hydrogen-bond donors (Lipinski definition) is 1. The van der Waals surface area contributed by atoms with Crippen molar-refractivity contribution in [1.29, 1.82) is 0 Å². The number of methoxy groups -OCH3 is 1. The van der Waals surface area contributed by atoms with Crippen molar-refractivity contribution in [2.24, 2.45) is 0 Å². The molecule has 2 aromatic rings. The number of rotatable bonds is 2. The lowest BCUT2D eigenvalue weighted by Crippen LogP contribution is -2.15. The van der Waals surface area contributed by atoms with Gasteiger partial charge >= 0.3 is 5.97 Å². The fraction of sp³-hybridized carbons (Fsp3) is 0.462. The van der Waals surface area contributed by atoms with Gasteiger partial charge in [0.2, 0.25) is 5.95 Å². The molecule has 0 radical (unpaired) electrons. The van der Waals surface area contributed by atoms with Crippen LogP contribution in [0.2, 0.25) is 5.15 Å². The standard InChI is InChI=1S/C13H15ClN4O2/c1-20-12(19)9-6-8-10(14)16-13(15)17-11(8)18(9)7-4-2-3-5-7/h6-7H,2-5H2,1H3,(H2,15,16,17). The van der Waals surface area contributed by atoms with E-state index in [1.807, 2.05) is 4.57 Å². The maximum atomic E-state index is 12.0. The zero-order valence-corrected chi connectivity index (χ0v) is 11.9. The van der Waals surface area contributed by atoms with Gasteiger partial charge in [-0.15, -0.1) is 0 Å². The molecule has 1 aliphatic carbocycles. The highest BCUT2D eigenvalue weighted by Crippen LogP contribution is 2.36. The van der Waals surface area contributed by atoms with Crippen LogP contribution < -0.4 is 5.73 Å². The van der Waals surface area contributed by atoms with Crippen molar-refractivity contribution < 1.29 is 9.53 Å². The predicted molar refractivity (Wildman–Crippen MR) is 75.8 cm³/mol. The number of anilines is 1. The van der Waals surface area contributed by atoms with Crippen molar-refractivity contribution in [2.45, 2.75) is 31.7 Å². The monoisotopic (exact) mass is 294 g/mol. The Hall–Kier alpha value is -1.82. The van der Waals surface area contributed by atoms with Crippen LogP contribution >= 0.6 is 11.6 Å². The van der Waals surface area contributed by atoms with Gasteiger partial charge in [-0.05, 0) is 18.9 Å². The van der Waals surface area contributed by atoms with Crippen molar-refractivity contribution >= 4 is 34.6 Å². The first-order valence-electron chi connectivity index (χ1n) is 6.54.